The van der Waals surface area contributed by atoms with E-state index >= 15 is 0 Å². The van der Waals surface area contributed by atoms with E-state index in [0.717, 1.165) is 29.3 Å². The van der Waals surface area contributed by atoms with Gasteiger partial charge in [0.05, 0.1) is 5.69 Å². The standard InChI is InChI=1S/C17H18N2O3.Na/c20-15(10-17(7-8-17)11-16(21)22)19-18-14-6-5-12-3-1-2-4-13(12)9-14;/h1-6,9,18H,7-8,10-11H2,(H,19,20)(H,21,22);/q;+1/p-1. The molecule has 0 unspecified atom stereocenters. The molecule has 0 saturated heterocycles. The minimum Gasteiger partial charge on any atom is -0.550 e. The number of aliphatic carboxylic acids is 1. The molecule has 0 atom stereocenters. The Bertz CT molecular complexity index is 729. The van der Waals surface area contributed by atoms with Gasteiger partial charge in [0, 0.05) is 12.4 Å². The second-order valence-electron chi connectivity index (χ2n) is 5.96. The van der Waals surface area contributed by atoms with Gasteiger partial charge in [-0.2, -0.15) is 0 Å². The van der Waals surface area contributed by atoms with Gasteiger partial charge in [-0.25, -0.2) is 0 Å². The summed E-state index contributed by atoms with van der Waals surface area (Å²) in [6.45, 7) is 0. The molecule has 0 spiro atoms. The number of carbonyl (C=O) groups is 2. The predicted molar refractivity (Wildman–Crippen MR) is 81.6 cm³/mol. The molecule has 5 nitrogen and oxygen atoms in total. The molecule has 1 saturated carbocycles. The van der Waals surface area contributed by atoms with Crippen molar-refractivity contribution in [2.45, 2.75) is 25.7 Å². The van der Waals surface area contributed by atoms with Crippen molar-refractivity contribution in [2.75, 3.05) is 5.43 Å². The van der Waals surface area contributed by atoms with Crippen LogP contribution in [0.2, 0.25) is 0 Å². The van der Waals surface area contributed by atoms with Crippen LogP contribution >= 0.6 is 0 Å². The van der Waals surface area contributed by atoms with Crippen LogP contribution in [-0.2, 0) is 9.59 Å². The van der Waals surface area contributed by atoms with Gasteiger partial charge in [0.15, 0.2) is 0 Å². The zero-order chi connectivity index (χ0) is 15.6. The van der Waals surface area contributed by atoms with Crippen LogP contribution in [0, 0.1) is 5.41 Å². The minimum atomic E-state index is -1.09. The van der Waals surface area contributed by atoms with Gasteiger partial charge in [0.2, 0.25) is 5.91 Å². The smallest absolute Gasteiger partial charge is 0.550 e. The Balaban J connectivity index is 0.00000192. The fourth-order valence-corrected chi connectivity index (χ4v) is 2.69. The van der Waals surface area contributed by atoms with E-state index in [1.807, 2.05) is 42.5 Å². The molecule has 1 aliphatic carbocycles. The van der Waals surface area contributed by atoms with Gasteiger partial charge in [0.25, 0.3) is 0 Å². The fourth-order valence-electron chi connectivity index (χ4n) is 2.69. The van der Waals surface area contributed by atoms with Gasteiger partial charge < -0.3 is 9.90 Å². The molecule has 1 fully saturated rings. The number of carboxylic acids is 1. The number of carbonyl (C=O) groups excluding carboxylic acids is 2. The first-order valence-corrected chi connectivity index (χ1v) is 7.30. The fraction of sp³-hybridized carbons (Fsp3) is 0.294. The van der Waals surface area contributed by atoms with E-state index in [1.54, 1.807) is 0 Å². The Morgan fingerprint density at radius 1 is 1.04 bits per heavy atom. The number of nitrogens with one attached hydrogen (secondary N) is 2. The quantitative estimate of drug-likeness (QED) is 0.507. The van der Waals surface area contributed by atoms with Crippen molar-refractivity contribution in [3.05, 3.63) is 42.5 Å². The molecule has 2 N–H and O–H groups in total. The largest absolute Gasteiger partial charge is 1.00 e. The summed E-state index contributed by atoms with van der Waals surface area (Å²) in [7, 11) is 0. The summed E-state index contributed by atoms with van der Waals surface area (Å²) in [5.41, 5.74) is 5.90. The van der Waals surface area contributed by atoms with E-state index in [4.69, 9.17) is 0 Å². The van der Waals surface area contributed by atoms with Crippen molar-refractivity contribution < 1.29 is 44.3 Å². The maximum Gasteiger partial charge on any atom is 1.00 e. The van der Waals surface area contributed by atoms with Gasteiger partial charge >= 0.3 is 29.6 Å². The zero-order valence-corrected chi connectivity index (χ0v) is 15.1. The molecule has 1 aliphatic rings. The van der Waals surface area contributed by atoms with E-state index in [0.29, 0.717) is 0 Å². The maximum atomic E-state index is 11.9. The summed E-state index contributed by atoms with van der Waals surface area (Å²) in [6, 6.07) is 13.8. The molecule has 1 amide bonds. The van der Waals surface area contributed by atoms with Crippen molar-refractivity contribution >= 4 is 28.3 Å². The van der Waals surface area contributed by atoms with E-state index in [2.05, 4.69) is 10.9 Å². The van der Waals surface area contributed by atoms with Crippen molar-refractivity contribution in [1.29, 1.82) is 0 Å². The summed E-state index contributed by atoms with van der Waals surface area (Å²) in [6.07, 6.45) is 1.70. The SMILES string of the molecule is O=C([O-])CC1(CC(=O)NNc2ccc3ccccc3c2)CC1.[Na+]. The molecule has 6 heteroatoms. The second-order valence-corrected chi connectivity index (χ2v) is 5.96. The minimum absolute atomic E-state index is 0. The molecule has 114 valence electrons. The van der Waals surface area contributed by atoms with Crippen molar-refractivity contribution in [3.8, 4) is 0 Å². The van der Waals surface area contributed by atoms with Crippen LogP contribution in [0.15, 0.2) is 42.5 Å². The maximum absolute atomic E-state index is 11.9. The number of anilines is 1. The number of rotatable bonds is 6. The van der Waals surface area contributed by atoms with Crippen LogP contribution in [-0.4, -0.2) is 11.9 Å². The number of carboxylic acid groups (broad SMARTS) is 1. The Kier molecular flexibility index (Phi) is 5.68. The number of fused-ring (bicyclic) bond motifs is 1. The zero-order valence-electron chi connectivity index (χ0n) is 13.1. The molecule has 0 radical (unpaired) electrons. The molecular weight excluding hydrogens is 303 g/mol. The summed E-state index contributed by atoms with van der Waals surface area (Å²) in [4.78, 5) is 22.6. The number of benzene rings is 2. The van der Waals surface area contributed by atoms with E-state index in [-0.39, 0.29) is 48.3 Å². The van der Waals surface area contributed by atoms with Gasteiger partial charge in [-0.1, -0.05) is 30.3 Å². The Morgan fingerprint density at radius 2 is 1.74 bits per heavy atom. The molecule has 2 aromatic rings. The van der Waals surface area contributed by atoms with Gasteiger partial charge in [-0.15, -0.1) is 0 Å². The second kappa shape index (κ2) is 7.34. The van der Waals surface area contributed by atoms with Crippen LogP contribution < -0.4 is 45.5 Å². The van der Waals surface area contributed by atoms with E-state index in [9.17, 15) is 14.7 Å². The first kappa shape index (κ1) is 17.8. The molecular formula is C17H17N2NaO3. The number of hydrogen-bond acceptors (Lipinski definition) is 4. The predicted octanol–water partition coefficient (Wildman–Crippen LogP) is -1.40. The molecule has 3 rings (SSSR count). The Hall–Kier alpha value is -1.56. The normalized spacial score (nSPS) is 14.6. The first-order valence-electron chi connectivity index (χ1n) is 7.30. The number of hydrogen-bond donors (Lipinski definition) is 2. The first-order chi connectivity index (χ1) is 10.6. The van der Waals surface area contributed by atoms with Gasteiger partial charge in [-0.05, 0) is 47.6 Å². The van der Waals surface area contributed by atoms with Gasteiger partial charge in [0.1, 0.15) is 0 Å². The third kappa shape index (κ3) is 4.70. The van der Waals surface area contributed by atoms with Crippen molar-refractivity contribution in [3.63, 3.8) is 0 Å². The number of hydrazine groups is 1. The average molecular weight is 320 g/mol. The van der Waals surface area contributed by atoms with E-state index in [1.165, 1.54) is 0 Å². The van der Waals surface area contributed by atoms with Crippen LogP contribution in [0.5, 0.6) is 0 Å². The van der Waals surface area contributed by atoms with Crippen LogP contribution in [0.3, 0.4) is 0 Å². The molecule has 0 heterocycles. The summed E-state index contributed by atoms with van der Waals surface area (Å²) in [5.74, 6) is -1.29. The Labute approximate surface area is 156 Å². The van der Waals surface area contributed by atoms with Crippen molar-refractivity contribution in [2.24, 2.45) is 5.41 Å². The summed E-state index contributed by atoms with van der Waals surface area (Å²) < 4.78 is 0. The number of amides is 1. The molecule has 23 heavy (non-hydrogen) atoms. The molecule has 0 bridgehead atoms. The van der Waals surface area contributed by atoms with Crippen LogP contribution in [0.25, 0.3) is 10.8 Å². The monoisotopic (exact) mass is 320 g/mol. The third-order valence-electron chi connectivity index (χ3n) is 4.11. The van der Waals surface area contributed by atoms with Crippen LogP contribution in [0.1, 0.15) is 25.7 Å². The molecule has 0 aromatic heterocycles. The summed E-state index contributed by atoms with van der Waals surface area (Å²) in [5, 5.41) is 12.9. The van der Waals surface area contributed by atoms with Crippen LogP contribution in [0.4, 0.5) is 5.69 Å². The van der Waals surface area contributed by atoms with Crippen molar-refractivity contribution in [1.82, 2.24) is 5.43 Å². The Morgan fingerprint density at radius 3 is 2.39 bits per heavy atom. The molecule has 2 aromatic carbocycles. The molecule has 0 aliphatic heterocycles. The topological polar surface area (TPSA) is 81.3 Å². The van der Waals surface area contributed by atoms with Gasteiger partial charge in [-0.3, -0.25) is 15.6 Å². The average Bonchev–Trinajstić information content (AvgIpc) is 3.23. The third-order valence-corrected chi connectivity index (χ3v) is 4.11. The van der Waals surface area contributed by atoms with E-state index < -0.39 is 11.4 Å². The summed E-state index contributed by atoms with van der Waals surface area (Å²) >= 11 is 0.